The summed E-state index contributed by atoms with van der Waals surface area (Å²) in [5.74, 6) is 2.33. The highest BCUT2D eigenvalue weighted by molar-refractivity contribution is 6.40. The Morgan fingerprint density at radius 1 is 0.591 bits per heavy atom. The molecule has 8 aromatic rings. The third-order valence-electron chi connectivity index (χ3n) is 15.9. The van der Waals surface area contributed by atoms with E-state index in [2.05, 4.69) is 87.2 Å². The van der Waals surface area contributed by atoms with Gasteiger partial charge in [0.1, 0.15) is 17.2 Å². The Morgan fingerprint density at radius 2 is 1.01 bits per heavy atom. The predicted molar refractivity (Wildman–Crippen MR) is 358 cm³/mol. The van der Waals surface area contributed by atoms with Crippen molar-refractivity contribution in [3.05, 3.63) is 178 Å². The van der Waals surface area contributed by atoms with Crippen molar-refractivity contribution in [1.82, 2.24) is 34.2 Å². The Bertz CT molecular complexity index is 3490. The molecule has 4 atom stereocenters. The second-order valence-electron chi connectivity index (χ2n) is 23.7. The number of alkyl carbamates (subject to hydrolysis) is 1. The molecule has 2 aliphatic heterocycles. The van der Waals surface area contributed by atoms with E-state index in [1.165, 1.54) is 11.1 Å². The number of rotatable bonds is 21. The van der Waals surface area contributed by atoms with Gasteiger partial charge in [-0.15, -0.1) is 23.2 Å². The van der Waals surface area contributed by atoms with E-state index in [1.807, 2.05) is 103 Å². The van der Waals surface area contributed by atoms with Crippen LogP contribution < -0.4 is 11.1 Å². The molecule has 4 heterocycles. The molecule has 468 valence electrons. The van der Waals surface area contributed by atoms with E-state index in [1.54, 1.807) is 14.2 Å². The van der Waals surface area contributed by atoms with Crippen LogP contribution >= 0.6 is 46.4 Å². The number of fused-ring (bicyclic) bond motifs is 2. The smallest absolute Gasteiger partial charge is 0.407 e. The average Bonchev–Trinajstić information content (AvgIpc) is 1.87. The highest BCUT2D eigenvalue weighted by Crippen LogP contribution is 2.35. The molecule has 3 N–H and O–H groups in total. The molecule has 0 bridgehead atoms. The minimum absolute atomic E-state index is 0.00624. The summed E-state index contributed by atoms with van der Waals surface area (Å²) in [4.78, 5) is 54.0. The summed E-state index contributed by atoms with van der Waals surface area (Å²) in [7, 11) is 3.42. The first-order valence-electron chi connectivity index (χ1n) is 30.5. The highest BCUT2D eigenvalue weighted by Gasteiger charge is 2.33. The third-order valence-corrected chi connectivity index (χ3v) is 16.5. The Kier molecular flexibility index (Phi) is 25.6. The lowest BCUT2D eigenvalue weighted by Crippen LogP contribution is -2.46. The molecule has 14 nitrogen and oxygen atoms in total. The van der Waals surface area contributed by atoms with Gasteiger partial charge in [0.2, 0.25) is 11.8 Å². The number of nitrogens with two attached hydrogens (primary N) is 1. The van der Waals surface area contributed by atoms with Crippen LogP contribution in [0, 0.1) is 0 Å². The van der Waals surface area contributed by atoms with Crippen LogP contribution in [0.25, 0.3) is 44.3 Å². The monoisotopic (exact) mass is 1270 g/mol. The molecule has 2 fully saturated rings. The number of methoxy groups -OCH3 is 2. The van der Waals surface area contributed by atoms with E-state index in [0.29, 0.717) is 62.2 Å². The summed E-state index contributed by atoms with van der Waals surface area (Å²) in [6.45, 7) is 11.0. The Balaban J connectivity index is 0.000000221. The van der Waals surface area contributed by atoms with Gasteiger partial charge in [-0.2, -0.15) is 0 Å². The largest absolute Gasteiger partial charge is 0.444 e. The Morgan fingerprint density at radius 3 is 1.44 bits per heavy atom. The van der Waals surface area contributed by atoms with Crippen molar-refractivity contribution in [3.63, 3.8) is 0 Å². The number of hydrogen-bond acceptors (Lipinski definition) is 9. The van der Waals surface area contributed by atoms with Crippen LogP contribution in [0.15, 0.2) is 146 Å². The van der Waals surface area contributed by atoms with E-state index in [9.17, 15) is 14.4 Å². The zero-order chi connectivity index (χ0) is 62.6. The third kappa shape index (κ3) is 19.0. The van der Waals surface area contributed by atoms with Crippen molar-refractivity contribution in [3.8, 4) is 22.3 Å². The Labute approximate surface area is 538 Å². The first kappa shape index (κ1) is 67.4. The molecule has 2 saturated heterocycles. The molecule has 18 heteroatoms. The fourth-order valence-corrected chi connectivity index (χ4v) is 12.4. The number of benzene rings is 6. The van der Waals surface area contributed by atoms with Crippen LogP contribution in [0.5, 0.6) is 0 Å². The van der Waals surface area contributed by atoms with Crippen LogP contribution in [-0.4, -0.2) is 123 Å². The van der Waals surface area contributed by atoms with Crippen molar-refractivity contribution >= 4 is 86.4 Å². The second kappa shape index (κ2) is 33.4. The van der Waals surface area contributed by atoms with Gasteiger partial charge >= 0.3 is 6.09 Å². The fourth-order valence-electron chi connectivity index (χ4n) is 11.9. The lowest BCUT2D eigenvalue weighted by atomic mass is 9.95. The summed E-state index contributed by atoms with van der Waals surface area (Å²) in [6, 6.07) is 48.3. The van der Waals surface area contributed by atoms with E-state index < -0.39 is 17.7 Å². The first-order chi connectivity index (χ1) is 42.6. The van der Waals surface area contributed by atoms with Crippen molar-refractivity contribution in [2.45, 2.75) is 128 Å². The summed E-state index contributed by atoms with van der Waals surface area (Å²) in [6.07, 6.45) is 6.61. The summed E-state index contributed by atoms with van der Waals surface area (Å²) >= 11 is 22.8. The van der Waals surface area contributed by atoms with E-state index in [-0.39, 0.29) is 41.5 Å². The number of piperidine rings is 2. The lowest BCUT2D eigenvalue weighted by molar-refractivity contribution is -0.133. The van der Waals surface area contributed by atoms with Crippen molar-refractivity contribution in [1.29, 1.82) is 0 Å². The van der Waals surface area contributed by atoms with Crippen molar-refractivity contribution in [2.75, 3.05) is 59.0 Å². The fraction of sp³-hybridized carbons (Fsp3) is 0.414. The first-order valence-corrected chi connectivity index (χ1v) is 32.4. The standard InChI is InChI=1S/C37H45ClN4O4.C32H37ClN4O2.CH2Cl2/c1-37(2,3)46-36(44)39-30(23-26-16-18-28(19-17-26)27-11-6-5-7-12-27)24-33(43)41-20-9-13-29(25-41)35-40-32-15-8-14-31(38)34(32)42(35)21-10-22-45-4;1-39-19-7-18-37-31-28(33)11-5-12-29(31)35-32(37)26-10-6-17-36(22-26)30(38)21-27(34)20-23-13-15-25(16-14-23)24-8-3-2-4-9-24;2-1-3/h5-8,11-12,14-19,29-30H,9-10,13,20-25H2,1-4H3,(H,39,44);2-5,8-9,11-16,26-27H,6-7,10,17-22,34H2,1H3;1H2/t29-,30-;26-,27-;/m11./s1. The van der Waals surface area contributed by atoms with Crippen molar-refractivity contribution in [2.24, 2.45) is 5.73 Å². The average molecular weight is 1280 g/mol. The SMILES string of the molecule is COCCCn1c([C@@H]2CCCN(C(=O)C[C@@H](Cc3ccc(-c4ccccc4)cc3)NC(=O)OC(C)(C)C)C2)nc2cccc(Cl)c21.COCCCn1c([C@@H]2CCCN(C(=O)C[C@H](N)Cc3ccc(-c4ccccc4)cc3)C2)nc2cccc(Cl)c21.ClCCl. The van der Waals surface area contributed by atoms with E-state index in [4.69, 9.17) is 76.3 Å². The molecule has 6 aromatic carbocycles. The summed E-state index contributed by atoms with van der Waals surface area (Å²) in [5.41, 5.74) is 16.3. The van der Waals surface area contributed by atoms with Crippen molar-refractivity contribution < 1.29 is 28.6 Å². The minimum Gasteiger partial charge on any atom is -0.444 e. The number of imidazole rings is 2. The number of hydrogen-bond donors (Lipinski definition) is 2. The predicted octanol–water partition coefficient (Wildman–Crippen LogP) is 15.1. The second-order valence-corrected chi connectivity index (χ2v) is 25.3. The molecule has 2 aromatic heterocycles. The van der Waals surface area contributed by atoms with Gasteiger partial charge in [0.15, 0.2) is 0 Å². The van der Waals surface area contributed by atoms with Crippen LogP contribution in [0.3, 0.4) is 0 Å². The van der Waals surface area contributed by atoms with Gasteiger partial charge in [0.25, 0.3) is 0 Å². The molecule has 0 saturated carbocycles. The molecule has 2 aliphatic rings. The number of aromatic nitrogens is 4. The van der Waals surface area contributed by atoms with Gasteiger partial charge in [0, 0.05) is 103 Å². The van der Waals surface area contributed by atoms with Gasteiger partial charge in [-0.3, -0.25) is 9.59 Å². The number of nitrogens with zero attached hydrogens (tertiary/aromatic N) is 6. The highest BCUT2D eigenvalue weighted by atomic mass is 35.5. The number of carbonyl (C=O) groups excluding carboxylic acids is 3. The topological polar surface area (TPSA) is 159 Å². The molecule has 10 rings (SSSR count). The number of likely N-dealkylation sites (tertiary alicyclic amines) is 2. The van der Waals surface area contributed by atoms with Gasteiger partial charge in [-0.1, -0.05) is 145 Å². The maximum Gasteiger partial charge on any atom is 0.407 e. The number of alkyl halides is 2. The lowest BCUT2D eigenvalue weighted by Gasteiger charge is -2.34. The normalized spacial score (nSPS) is 15.8. The van der Waals surface area contributed by atoms with E-state index in [0.717, 1.165) is 114 Å². The summed E-state index contributed by atoms with van der Waals surface area (Å²) < 4.78 is 20.6. The number of carbonyl (C=O) groups is 3. The molecule has 0 unspecified atom stereocenters. The zero-order valence-corrected chi connectivity index (χ0v) is 54.3. The number of para-hydroxylation sites is 2. The zero-order valence-electron chi connectivity index (χ0n) is 51.3. The molecule has 88 heavy (non-hydrogen) atoms. The van der Waals surface area contributed by atoms with Crippen LogP contribution in [0.1, 0.15) is 107 Å². The van der Waals surface area contributed by atoms with E-state index >= 15 is 0 Å². The number of halogens is 4. The van der Waals surface area contributed by atoms with Crippen LogP contribution in [-0.2, 0) is 49.7 Å². The van der Waals surface area contributed by atoms with Gasteiger partial charge < -0.3 is 44.2 Å². The minimum atomic E-state index is -0.645. The van der Waals surface area contributed by atoms with Crippen LogP contribution in [0.2, 0.25) is 10.0 Å². The maximum atomic E-state index is 13.9. The molecular formula is C70H84Cl4N8O6. The number of amides is 3. The Hall–Kier alpha value is -6.49. The summed E-state index contributed by atoms with van der Waals surface area (Å²) in [5, 5.41) is 4.56. The van der Waals surface area contributed by atoms with Crippen LogP contribution in [0.4, 0.5) is 4.79 Å². The molecule has 3 amide bonds. The molecular weight excluding hydrogens is 1190 g/mol. The molecule has 0 aliphatic carbocycles. The molecule has 0 spiro atoms. The molecule has 0 radical (unpaired) electrons. The van der Waals surface area contributed by atoms with Gasteiger partial charge in [0.05, 0.1) is 37.5 Å². The number of aryl methyl sites for hydroxylation is 2. The van der Waals surface area contributed by atoms with Gasteiger partial charge in [-0.25, -0.2) is 14.8 Å². The number of ether oxygens (including phenoxy) is 3. The van der Waals surface area contributed by atoms with Gasteiger partial charge in [-0.05, 0) is 130 Å². The number of nitrogens with one attached hydrogen (secondary N) is 1. The maximum absolute atomic E-state index is 13.9. The quantitative estimate of drug-likeness (QED) is 0.0527.